The third-order valence-electron chi connectivity index (χ3n) is 12.4. The lowest BCUT2D eigenvalue weighted by molar-refractivity contribution is -0.132. The highest BCUT2D eigenvalue weighted by Gasteiger charge is 2.27. The Kier molecular flexibility index (Phi) is 22.4. The number of nitrogens with zero attached hydrogens (tertiary/aromatic N) is 6. The first-order valence-corrected chi connectivity index (χ1v) is 26.5. The summed E-state index contributed by atoms with van der Waals surface area (Å²) in [6, 6.07) is 25.2. The molecular weight excluding hydrogens is 1060 g/mol. The molecule has 2 saturated carbocycles. The minimum absolute atomic E-state index is 0.0711. The van der Waals surface area contributed by atoms with E-state index < -0.39 is 45.3 Å². The van der Waals surface area contributed by atoms with Gasteiger partial charge in [0, 0.05) is 103 Å². The van der Waals surface area contributed by atoms with Crippen LogP contribution in [0.2, 0.25) is 10.0 Å². The molecule has 0 radical (unpaired) electrons. The molecule has 23 heteroatoms. The van der Waals surface area contributed by atoms with Crippen molar-refractivity contribution >= 4 is 86.3 Å². The second kappa shape index (κ2) is 28.1. The van der Waals surface area contributed by atoms with Crippen LogP contribution in [0, 0.1) is 17.8 Å². The largest absolute Gasteiger partial charge is 0.396 e. The van der Waals surface area contributed by atoms with E-state index >= 15 is 0 Å². The van der Waals surface area contributed by atoms with Crippen LogP contribution in [0.4, 0.5) is 5.82 Å². The summed E-state index contributed by atoms with van der Waals surface area (Å²) in [5.74, 6) is -1.13. The van der Waals surface area contributed by atoms with E-state index in [1.54, 1.807) is 87.7 Å². The van der Waals surface area contributed by atoms with Gasteiger partial charge in [-0.2, -0.15) is 8.42 Å². The van der Waals surface area contributed by atoms with Crippen molar-refractivity contribution in [1.82, 2.24) is 39.5 Å². The highest BCUT2D eigenvalue weighted by molar-refractivity contribution is 7.51. The molecule has 2 fully saturated rings. The predicted octanol–water partition coefficient (Wildman–Crippen LogP) is 5.23. The molecule has 4 aromatic heterocycles. The minimum Gasteiger partial charge on any atom is -0.396 e. The van der Waals surface area contributed by atoms with E-state index in [0.717, 1.165) is 24.0 Å². The summed E-state index contributed by atoms with van der Waals surface area (Å²) in [4.78, 5) is 90.9. The molecule has 0 saturated heterocycles. The molecule has 2 aliphatic carbocycles. The summed E-state index contributed by atoms with van der Waals surface area (Å²) in [5.41, 5.74) is 5.91. The molecule has 0 spiro atoms. The number of benzene rings is 2. The van der Waals surface area contributed by atoms with E-state index in [1.165, 1.54) is 43.9 Å². The molecular formula is C55H68Cl2N10O10S. The predicted molar refractivity (Wildman–Crippen MR) is 302 cm³/mol. The average molecular weight is 1130 g/mol. The zero-order valence-corrected chi connectivity index (χ0v) is 47.1. The number of carbonyl (C=O) groups is 4. The molecule has 0 unspecified atom stereocenters. The van der Waals surface area contributed by atoms with Crippen LogP contribution >= 0.6 is 23.2 Å². The summed E-state index contributed by atoms with van der Waals surface area (Å²) in [6.07, 6.45) is 4.65. The molecule has 7 N–H and O–H groups in total. The quantitative estimate of drug-likeness (QED) is 0.0643. The zero-order chi connectivity index (χ0) is 57.5. The summed E-state index contributed by atoms with van der Waals surface area (Å²) < 4.78 is 19.1. The third-order valence-corrected chi connectivity index (χ3v) is 12.9. The number of pyridine rings is 4. The van der Waals surface area contributed by atoms with E-state index in [-0.39, 0.29) is 62.3 Å². The van der Waals surface area contributed by atoms with Crippen molar-refractivity contribution in [1.29, 1.82) is 0 Å². The lowest BCUT2D eigenvalue weighted by Crippen LogP contribution is -2.41. The molecule has 78 heavy (non-hydrogen) atoms. The lowest BCUT2D eigenvalue weighted by atomic mass is 9.94. The van der Waals surface area contributed by atoms with Gasteiger partial charge in [0.15, 0.2) is 0 Å². The van der Waals surface area contributed by atoms with Crippen LogP contribution in [-0.4, -0.2) is 124 Å². The number of carbonyl (C=O) groups excluding carboxylic acids is 4. The normalized spacial score (nSPS) is 12.9. The molecule has 418 valence electrons. The molecule has 0 bridgehead atoms. The average Bonchev–Trinajstić information content (AvgIpc) is 4.38. The van der Waals surface area contributed by atoms with Crippen molar-refractivity contribution < 1.29 is 37.8 Å². The number of aliphatic hydroxyl groups excluding tert-OH is 2. The fourth-order valence-electron chi connectivity index (χ4n) is 7.65. The topological polar surface area (TPSA) is 281 Å². The molecule has 2 aliphatic rings. The Morgan fingerprint density at radius 3 is 1.42 bits per heavy atom. The molecule has 0 atom stereocenters. The van der Waals surface area contributed by atoms with Gasteiger partial charge in [-0.05, 0) is 104 Å². The van der Waals surface area contributed by atoms with Crippen molar-refractivity contribution in [2.45, 2.75) is 98.6 Å². The smallest absolute Gasteiger partial charge is 0.335 e. The number of likely N-dealkylation sites (N-methyl/N-ethyl adjacent to an activating group) is 2. The maximum absolute atomic E-state index is 13.5. The molecule has 6 aromatic rings. The Morgan fingerprint density at radius 2 is 1.05 bits per heavy atom. The van der Waals surface area contributed by atoms with E-state index in [2.05, 4.69) is 25.9 Å². The number of hydrogen-bond donors (Lipinski definition) is 6. The number of aryl methyl sites for hydroxylation is 1. The first-order chi connectivity index (χ1) is 36.9. The van der Waals surface area contributed by atoms with Crippen molar-refractivity contribution in [3.8, 4) is 0 Å². The second-order valence-corrected chi connectivity index (χ2v) is 22.0. The maximum Gasteiger partial charge on any atom is 0.335 e. The van der Waals surface area contributed by atoms with Gasteiger partial charge in [-0.15, -0.1) is 0 Å². The number of halogens is 2. The number of nitrogens with two attached hydrogens (primary N) is 1. The Bertz CT molecular complexity index is 3250. The maximum atomic E-state index is 13.5. The Hall–Kier alpha value is -6.88. The van der Waals surface area contributed by atoms with E-state index in [9.17, 15) is 39.0 Å². The number of nitrogens with one attached hydrogen (secondary N) is 3. The Labute approximate surface area is 465 Å². The van der Waals surface area contributed by atoms with Gasteiger partial charge in [0.05, 0.1) is 0 Å². The van der Waals surface area contributed by atoms with Crippen LogP contribution in [0.5, 0.6) is 0 Å². The SMILES string of the molecule is CN(CC(C)(C)CO)C(=O)Cn1c(=O)c(C(=O)NCc2ccc(Cl)cc2)cc2ccc(NC3CC3)nc21.Cc1ccc2cc(C(=O)NCc3ccc(Cl)cc3)c(=O)n(CC(=O)N(C)CC(C)(C)CO)c2n1.NC1CC1.O=S=O. The number of aromatic nitrogens is 4. The molecule has 8 rings (SSSR count). The number of rotatable bonds is 18. The van der Waals surface area contributed by atoms with Crippen LogP contribution < -0.4 is 32.8 Å². The van der Waals surface area contributed by atoms with Gasteiger partial charge in [-0.1, -0.05) is 75.2 Å². The first-order valence-electron chi connectivity index (χ1n) is 25.1. The van der Waals surface area contributed by atoms with Crippen molar-refractivity contribution in [3.05, 3.63) is 144 Å². The number of hydrogen-bond acceptors (Lipinski definition) is 14. The van der Waals surface area contributed by atoms with Crippen molar-refractivity contribution in [2.24, 2.45) is 16.6 Å². The fraction of sp³-hybridized carbons (Fsp3) is 0.418. The lowest BCUT2D eigenvalue weighted by Gasteiger charge is -2.28. The van der Waals surface area contributed by atoms with Gasteiger partial charge in [-0.3, -0.25) is 37.9 Å². The van der Waals surface area contributed by atoms with Crippen LogP contribution in [0.25, 0.3) is 22.1 Å². The van der Waals surface area contributed by atoms with Gasteiger partial charge in [0.25, 0.3) is 22.9 Å². The Balaban J connectivity index is 0.000000256. The minimum atomic E-state index is -0.750. The summed E-state index contributed by atoms with van der Waals surface area (Å²) in [7, 11) is 3.25. The van der Waals surface area contributed by atoms with Crippen molar-refractivity contribution in [3.63, 3.8) is 0 Å². The first kappa shape index (κ1) is 62.0. The molecule has 4 amide bonds. The van der Waals surface area contributed by atoms with Gasteiger partial charge >= 0.3 is 11.6 Å². The van der Waals surface area contributed by atoms with Gasteiger partial charge in [0.2, 0.25) is 11.8 Å². The molecule has 20 nitrogen and oxygen atoms in total. The van der Waals surface area contributed by atoms with Gasteiger partial charge in [-0.25, -0.2) is 9.97 Å². The van der Waals surface area contributed by atoms with Gasteiger partial charge < -0.3 is 41.7 Å². The molecule has 0 aliphatic heterocycles. The second-order valence-electron chi connectivity index (χ2n) is 21.0. The molecule has 2 aromatic carbocycles. The standard InChI is InChI=1S/C27H32ClN5O4.C25H29ClN4O4.C3H7N.O2S/c1-27(2,16-34)15-32(3)23(35)14-33-24-18(6-11-22(31-24)30-20-9-10-20)12-21(26(33)37)25(36)29-13-17-4-7-19(28)8-5-17;1-16-5-8-18-11-20(23(33)27-12-17-6-9-19(26)10-7-17)24(34)30(22(18)28-16)13-21(32)29(4)14-25(2,3)15-31;4-3-1-2-3;1-3-2/h4-8,11-12,20,34H,9-10,13-16H2,1-3H3,(H,29,36)(H,30,31);5-11,31H,12-15H2,1-4H3,(H,27,33);3H,1-2,4H2;. The number of aliphatic hydroxyl groups is 2. The number of fused-ring (bicyclic) bond motifs is 2. The highest BCUT2D eigenvalue weighted by atomic mass is 35.5. The number of anilines is 1. The van der Waals surface area contributed by atoms with Crippen LogP contribution in [0.1, 0.15) is 90.9 Å². The van der Waals surface area contributed by atoms with Crippen LogP contribution in [0.15, 0.2) is 94.5 Å². The fourth-order valence-corrected chi connectivity index (χ4v) is 7.90. The monoisotopic (exact) mass is 1130 g/mol. The third kappa shape index (κ3) is 18.7. The van der Waals surface area contributed by atoms with Crippen LogP contribution in [0.3, 0.4) is 0 Å². The van der Waals surface area contributed by atoms with Gasteiger partial charge in [0.1, 0.15) is 41.3 Å². The van der Waals surface area contributed by atoms with E-state index in [1.807, 2.05) is 33.8 Å². The zero-order valence-electron chi connectivity index (χ0n) is 44.8. The summed E-state index contributed by atoms with van der Waals surface area (Å²) >= 11 is 11.1. The summed E-state index contributed by atoms with van der Waals surface area (Å²) in [6.45, 7) is 9.48. The number of amides is 4. The molecule has 4 heterocycles. The van der Waals surface area contributed by atoms with Crippen molar-refractivity contribution in [2.75, 3.05) is 45.7 Å². The van der Waals surface area contributed by atoms with E-state index in [4.69, 9.17) is 37.4 Å². The summed E-state index contributed by atoms with van der Waals surface area (Å²) in [5, 5.41) is 30.3. The highest BCUT2D eigenvalue weighted by Crippen LogP contribution is 2.26. The Morgan fingerprint density at radius 1 is 0.667 bits per heavy atom. The van der Waals surface area contributed by atoms with Crippen LogP contribution in [-0.2, 0) is 47.3 Å². The van der Waals surface area contributed by atoms with E-state index in [0.29, 0.717) is 68.8 Å².